The van der Waals surface area contributed by atoms with Crippen molar-refractivity contribution in [1.82, 2.24) is 5.32 Å². The predicted molar refractivity (Wildman–Crippen MR) is 94.7 cm³/mol. The fourth-order valence-electron chi connectivity index (χ4n) is 2.78. The van der Waals surface area contributed by atoms with Crippen LogP contribution in [0.15, 0.2) is 53.0 Å². The highest BCUT2D eigenvalue weighted by molar-refractivity contribution is 9.10. The number of aryl methyl sites for hydroxylation is 1. The second kappa shape index (κ2) is 7.18. The number of halogens is 1. The number of hydrogen-bond donors (Lipinski definition) is 1. The molecule has 3 rings (SSSR count). The standard InChI is InChI=1S/C19H20BrNO2/c1-13-5-2-3-8-18(13)23-10-9-21-19(22)17-12-16(17)14-6-4-7-15(20)11-14/h2-8,11,16-17H,9-10,12H2,1H3,(H,21,22). The molecule has 4 heteroatoms. The Morgan fingerprint density at radius 3 is 2.87 bits per heavy atom. The summed E-state index contributed by atoms with van der Waals surface area (Å²) in [5.41, 5.74) is 2.34. The predicted octanol–water partition coefficient (Wildman–Crippen LogP) is 4.06. The van der Waals surface area contributed by atoms with Crippen molar-refractivity contribution in [3.8, 4) is 5.75 Å². The molecule has 1 aliphatic rings. The lowest BCUT2D eigenvalue weighted by atomic mass is 10.1. The van der Waals surface area contributed by atoms with E-state index in [9.17, 15) is 4.79 Å². The summed E-state index contributed by atoms with van der Waals surface area (Å²) < 4.78 is 6.76. The van der Waals surface area contributed by atoms with Crippen molar-refractivity contribution in [3.05, 3.63) is 64.1 Å². The molecule has 0 aliphatic heterocycles. The van der Waals surface area contributed by atoms with Crippen LogP contribution < -0.4 is 10.1 Å². The monoisotopic (exact) mass is 373 g/mol. The summed E-state index contributed by atoms with van der Waals surface area (Å²) in [6, 6.07) is 16.1. The molecule has 23 heavy (non-hydrogen) atoms. The fraction of sp³-hybridized carbons (Fsp3) is 0.316. The van der Waals surface area contributed by atoms with E-state index >= 15 is 0 Å². The number of carbonyl (C=O) groups is 1. The zero-order valence-electron chi connectivity index (χ0n) is 13.1. The molecule has 1 N–H and O–H groups in total. The fourth-order valence-corrected chi connectivity index (χ4v) is 3.19. The second-order valence-corrected chi connectivity index (χ2v) is 6.82. The van der Waals surface area contributed by atoms with Crippen LogP contribution in [0.25, 0.3) is 0 Å². The summed E-state index contributed by atoms with van der Waals surface area (Å²) >= 11 is 3.48. The van der Waals surface area contributed by atoms with Crippen LogP contribution in [0.2, 0.25) is 0 Å². The van der Waals surface area contributed by atoms with Crippen molar-refractivity contribution in [2.45, 2.75) is 19.3 Å². The Balaban J connectivity index is 1.42. The summed E-state index contributed by atoms with van der Waals surface area (Å²) in [5.74, 6) is 1.45. The van der Waals surface area contributed by atoms with Gasteiger partial charge >= 0.3 is 0 Å². The number of rotatable bonds is 6. The molecule has 1 amide bonds. The van der Waals surface area contributed by atoms with E-state index in [1.165, 1.54) is 5.56 Å². The molecule has 1 saturated carbocycles. The van der Waals surface area contributed by atoms with Gasteiger partial charge in [-0.05, 0) is 48.6 Å². The van der Waals surface area contributed by atoms with Gasteiger partial charge in [0.15, 0.2) is 0 Å². The zero-order valence-corrected chi connectivity index (χ0v) is 14.7. The molecule has 120 valence electrons. The number of para-hydroxylation sites is 1. The van der Waals surface area contributed by atoms with E-state index in [0.29, 0.717) is 19.1 Å². The van der Waals surface area contributed by atoms with Gasteiger partial charge in [0.25, 0.3) is 0 Å². The summed E-state index contributed by atoms with van der Waals surface area (Å²) in [5, 5.41) is 2.97. The quantitative estimate of drug-likeness (QED) is 0.775. The molecule has 2 unspecified atom stereocenters. The molecule has 0 aromatic heterocycles. The summed E-state index contributed by atoms with van der Waals surface area (Å²) in [4.78, 5) is 12.2. The van der Waals surface area contributed by atoms with Gasteiger partial charge in [0.2, 0.25) is 5.91 Å². The third-order valence-electron chi connectivity index (χ3n) is 4.16. The number of amides is 1. The molecule has 1 fully saturated rings. The third-order valence-corrected chi connectivity index (χ3v) is 4.65. The van der Waals surface area contributed by atoms with Crippen molar-refractivity contribution in [3.63, 3.8) is 0 Å². The molecule has 1 aliphatic carbocycles. The first-order valence-corrected chi connectivity index (χ1v) is 8.66. The van der Waals surface area contributed by atoms with Gasteiger partial charge in [-0.1, -0.05) is 46.3 Å². The highest BCUT2D eigenvalue weighted by Crippen LogP contribution is 2.47. The van der Waals surface area contributed by atoms with Gasteiger partial charge < -0.3 is 10.1 Å². The molecular weight excluding hydrogens is 354 g/mol. The number of hydrogen-bond acceptors (Lipinski definition) is 2. The first-order chi connectivity index (χ1) is 11.1. The molecule has 0 heterocycles. The Kier molecular flexibility index (Phi) is 5.01. The lowest BCUT2D eigenvalue weighted by molar-refractivity contribution is -0.122. The maximum atomic E-state index is 12.2. The van der Waals surface area contributed by atoms with Gasteiger partial charge in [-0.3, -0.25) is 4.79 Å². The van der Waals surface area contributed by atoms with Crippen molar-refractivity contribution in [2.75, 3.05) is 13.2 Å². The van der Waals surface area contributed by atoms with Crippen LogP contribution in [0, 0.1) is 12.8 Å². The Hall–Kier alpha value is -1.81. The van der Waals surface area contributed by atoms with Crippen LogP contribution in [-0.4, -0.2) is 19.1 Å². The molecule has 0 radical (unpaired) electrons. The highest BCUT2D eigenvalue weighted by Gasteiger charge is 2.43. The van der Waals surface area contributed by atoms with Crippen molar-refractivity contribution in [2.24, 2.45) is 5.92 Å². The number of nitrogens with one attached hydrogen (secondary N) is 1. The van der Waals surface area contributed by atoms with Crippen molar-refractivity contribution >= 4 is 21.8 Å². The van der Waals surface area contributed by atoms with Gasteiger partial charge in [-0.15, -0.1) is 0 Å². The van der Waals surface area contributed by atoms with Crippen LogP contribution in [0.4, 0.5) is 0 Å². The summed E-state index contributed by atoms with van der Waals surface area (Å²) in [7, 11) is 0. The minimum absolute atomic E-state index is 0.0998. The molecule has 2 aromatic rings. The maximum absolute atomic E-state index is 12.2. The molecule has 0 saturated heterocycles. The SMILES string of the molecule is Cc1ccccc1OCCNC(=O)C1CC1c1cccc(Br)c1. The minimum atomic E-state index is 0.0998. The Morgan fingerprint density at radius 1 is 1.26 bits per heavy atom. The second-order valence-electron chi connectivity index (χ2n) is 5.91. The average Bonchev–Trinajstić information content (AvgIpc) is 3.34. The van der Waals surface area contributed by atoms with Crippen molar-refractivity contribution in [1.29, 1.82) is 0 Å². The van der Waals surface area contributed by atoms with Gasteiger partial charge in [0.1, 0.15) is 12.4 Å². The first-order valence-electron chi connectivity index (χ1n) is 7.87. The number of benzene rings is 2. The largest absolute Gasteiger partial charge is 0.491 e. The molecular formula is C19H20BrNO2. The van der Waals surface area contributed by atoms with Gasteiger partial charge in [-0.25, -0.2) is 0 Å². The van der Waals surface area contributed by atoms with Crippen molar-refractivity contribution < 1.29 is 9.53 Å². The minimum Gasteiger partial charge on any atom is -0.491 e. The van der Waals surface area contributed by atoms with Crippen LogP contribution >= 0.6 is 15.9 Å². The van der Waals surface area contributed by atoms with E-state index in [4.69, 9.17) is 4.74 Å². The van der Waals surface area contributed by atoms with Crippen LogP contribution in [0.3, 0.4) is 0 Å². The lowest BCUT2D eigenvalue weighted by Crippen LogP contribution is -2.29. The smallest absolute Gasteiger partial charge is 0.223 e. The Bertz CT molecular complexity index is 701. The van der Waals surface area contributed by atoms with E-state index < -0.39 is 0 Å². The van der Waals surface area contributed by atoms with Crippen LogP contribution in [-0.2, 0) is 4.79 Å². The molecule has 0 bridgehead atoms. The summed E-state index contributed by atoms with van der Waals surface area (Å²) in [6.45, 7) is 3.04. The van der Waals surface area contributed by atoms with E-state index in [-0.39, 0.29) is 11.8 Å². The van der Waals surface area contributed by atoms with E-state index in [0.717, 1.165) is 22.2 Å². The molecule has 2 atom stereocenters. The topological polar surface area (TPSA) is 38.3 Å². The maximum Gasteiger partial charge on any atom is 0.223 e. The number of ether oxygens (including phenoxy) is 1. The van der Waals surface area contributed by atoms with Gasteiger partial charge in [0.05, 0.1) is 6.54 Å². The lowest BCUT2D eigenvalue weighted by Gasteiger charge is -2.09. The zero-order chi connectivity index (χ0) is 16.2. The van der Waals surface area contributed by atoms with Gasteiger partial charge in [0, 0.05) is 10.4 Å². The Morgan fingerprint density at radius 2 is 2.09 bits per heavy atom. The Labute approximate surface area is 145 Å². The third kappa shape index (κ3) is 4.14. The number of carbonyl (C=O) groups excluding carboxylic acids is 1. The normalized spacial score (nSPS) is 19.2. The van der Waals surface area contributed by atoms with E-state index in [2.05, 4.69) is 33.4 Å². The first kappa shape index (κ1) is 16.1. The molecule has 2 aromatic carbocycles. The average molecular weight is 374 g/mol. The van der Waals surface area contributed by atoms with Crippen LogP contribution in [0.1, 0.15) is 23.5 Å². The van der Waals surface area contributed by atoms with Crippen LogP contribution in [0.5, 0.6) is 5.75 Å². The van der Waals surface area contributed by atoms with E-state index in [1.807, 2.05) is 43.3 Å². The van der Waals surface area contributed by atoms with Gasteiger partial charge in [-0.2, -0.15) is 0 Å². The molecule has 0 spiro atoms. The summed E-state index contributed by atoms with van der Waals surface area (Å²) in [6.07, 6.45) is 0.931. The highest BCUT2D eigenvalue weighted by atomic mass is 79.9. The molecule has 3 nitrogen and oxygen atoms in total. The van der Waals surface area contributed by atoms with E-state index in [1.54, 1.807) is 0 Å².